The molecule has 0 spiro atoms. The van der Waals surface area contributed by atoms with Crippen molar-refractivity contribution in [2.75, 3.05) is 43.6 Å². The van der Waals surface area contributed by atoms with Crippen LogP contribution in [0.4, 0.5) is 4.79 Å². The molecule has 0 aliphatic carbocycles. The molecule has 9 nitrogen and oxygen atoms in total. The van der Waals surface area contributed by atoms with Crippen LogP contribution in [-0.2, 0) is 29.2 Å². The third-order valence-corrected chi connectivity index (χ3v) is 12.2. The first-order valence-corrected chi connectivity index (χ1v) is 17.5. The maximum Gasteiger partial charge on any atom is 0.318 e. The zero-order chi connectivity index (χ0) is 29.5. The number of rotatable bonds is 10. The van der Waals surface area contributed by atoms with E-state index in [0.29, 0.717) is 31.9 Å². The van der Waals surface area contributed by atoms with E-state index >= 15 is 0 Å². The number of aliphatic hydroxyl groups excluding tert-OH is 1. The van der Waals surface area contributed by atoms with Crippen LogP contribution < -0.4 is 10.6 Å². The first kappa shape index (κ1) is 31.7. The molecule has 0 bridgehead atoms. The first-order valence-electron chi connectivity index (χ1n) is 13.7. The quantitative estimate of drug-likeness (QED) is 0.370. The van der Waals surface area contributed by atoms with Gasteiger partial charge in [0.1, 0.15) is 16.2 Å². The highest BCUT2D eigenvalue weighted by atomic mass is 32.2. The number of hydrogen-bond acceptors (Lipinski definition) is 8. The number of thioether (sulfide) groups is 2. The van der Waals surface area contributed by atoms with E-state index in [1.807, 2.05) is 30.3 Å². The van der Waals surface area contributed by atoms with Gasteiger partial charge in [-0.1, -0.05) is 60.7 Å². The van der Waals surface area contributed by atoms with Crippen molar-refractivity contribution < 1.29 is 27.9 Å². The average molecular weight is 622 g/mol. The fourth-order valence-electron chi connectivity index (χ4n) is 4.98. The number of morpholine rings is 1. The number of ether oxygens (including phenoxy) is 1. The fourth-order valence-corrected chi connectivity index (χ4v) is 10.3. The molecule has 2 atom stereocenters. The molecule has 2 saturated heterocycles. The van der Waals surface area contributed by atoms with Crippen LogP contribution in [0.25, 0.3) is 0 Å². The lowest BCUT2D eigenvalue weighted by molar-refractivity contribution is -0.125. The molecular weight excluding hydrogens is 583 g/mol. The van der Waals surface area contributed by atoms with Crippen LogP contribution in [0.5, 0.6) is 0 Å². The summed E-state index contributed by atoms with van der Waals surface area (Å²) in [6, 6.07) is 16.6. The SMILES string of the molecule is CC(C)(NC(=O)C(CS(=O)(=O)Cc1ccccc1)NC(=O)N1CCOCC1)C(O)C1(c2ccccc2)SCCCS1. The normalized spacial score (nSPS) is 19.1. The Kier molecular flexibility index (Phi) is 10.7. The Morgan fingerprint density at radius 3 is 2.22 bits per heavy atom. The van der Waals surface area contributed by atoms with Gasteiger partial charge in [0.25, 0.3) is 0 Å². The van der Waals surface area contributed by atoms with Crippen LogP contribution in [0.1, 0.15) is 31.4 Å². The number of hydrogen-bond donors (Lipinski definition) is 3. The van der Waals surface area contributed by atoms with Gasteiger partial charge in [-0.05, 0) is 42.9 Å². The Balaban J connectivity index is 1.56. The zero-order valence-corrected chi connectivity index (χ0v) is 25.9. The molecule has 0 aromatic heterocycles. The molecule has 2 aromatic rings. The molecule has 41 heavy (non-hydrogen) atoms. The maximum absolute atomic E-state index is 13.8. The lowest BCUT2D eigenvalue weighted by atomic mass is 9.90. The molecule has 2 aliphatic rings. The highest BCUT2D eigenvalue weighted by Gasteiger charge is 2.50. The molecule has 3 N–H and O–H groups in total. The van der Waals surface area contributed by atoms with E-state index in [2.05, 4.69) is 10.6 Å². The smallest absolute Gasteiger partial charge is 0.318 e. The summed E-state index contributed by atoms with van der Waals surface area (Å²) in [7, 11) is -3.80. The van der Waals surface area contributed by atoms with Gasteiger partial charge in [-0.25, -0.2) is 13.2 Å². The topological polar surface area (TPSA) is 125 Å². The lowest BCUT2D eigenvalue weighted by Gasteiger charge is -2.47. The summed E-state index contributed by atoms with van der Waals surface area (Å²) in [5.74, 6) is 0.212. The Bertz CT molecular complexity index is 1270. The Morgan fingerprint density at radius 2 is 1.61 bits per heavy atom. The number of sulfone groups is 1. The summed E-state index contributed by atoms with van der Waals surface area (Å²) in [5.41, 5.74) is 0.389. The van der Waals surface area contributed by atoms with Gasteiger partial charge in [-0.2, -0.15) is 0 Å². The third-order valence-electron chi connectivity index (χ3n) is 7.15. The van der Waals surface area contributed by atoms with E-state index in [1.165, 1.54) is 4.90 Å². The molecule has 2 aromatic carbocycles. The van der Waals surface area contributed by atoms with Gasteiger partial charge in [0.2, 0.25) is 5.91 Å². The number of amides is 3. The van der Waals surface area contributed by atoms with E-state index in [1.54, 1.807) is 67.7 Å². The molecule has 4 rings (SSSR count). The van der Waals surface area contributed by atoms with Crippen LogP contribution in [0.2, 0.25) is 0 Å². The summed E-state index contributed by atoms with van der Waals surface area (Å²) in [4.78, 5) is 28.4. The summed E-state index contributed by atoms with van der Waals surface area (Å²) in [6.07, 6.45) is -0.00797. The second-order valence-corrected chi connectivity index (χ2v) is 15.9. The Hall–Kier alpha value is -2.25. The van der Waals surface area contributed by atoms with Crippen molar-refractivity contribution in [1.29, 1.82) is 0 Å². The molecule has 0 radical (unpaired) electrons. The monoisotopic (exact) mass is 621 g/mol. The number of nitrogens with zero attached hydrogens (tertiary/aromatic N) is 1. The summed E-state index contributed by atoms with van der Waals surface area (Å²) < 4.78 is 31.1. The van der Waals surface area contributed by atoms with E-state index < -0.39 is 49.3 Å². The van der Waals surface area contributed by atoms with Crippen molar-refractivity contribution in [2.45, 2.75) is 47.8 Å². The van der Waals surface area contributed by atoms with E-state index in [4.69, 9.17) is 4.74 Å². The largest absolute Gasteiger partial charge is 0.388 e. The second-order valence-electron chi connectivity index (χ2n) is 10.8. The predicted molar refractivity (Wildman–Crippen MR) is 165 cm³/mol. The highest BCUT2D eigenvalue weighted by molar-refractivity contribution is 8.18. The van der Waals surface area contributed by atoms with Crippen molar-refractivity contribution in [2.24, 2.45) is 0 Å². The van der Waals surface area contributed by atoms with Gasteiger partial charge in [-0.15, -0.1) is 23.5 Å². The van der Waals surface area contributed by atoms with Crippen LogP contribution in [0.3, 0.4) is 0 Å². The molecule has 2 aliphatic heterocycles. The molecule has 2 heterocycles. The molecule has 12 heteroatoms. The summed E-state index contributed by atoms with van der Waals surface area (Å²) in [5, 5.41) is 17.4. The van der Waals surface area contributed by atoms with Crippen molar-refractivity contribution in [3.8, 4) is 0 Å². The Morgan fingerprint density at radius 1 is 1.02 bits per heavy atom. The minimum absolute atomic E-state index is 0.262. The minimum Gasteiger partial charge on any atom is -0.388 e. The maximum atomic E-state index is 13.8. The zero-order valence-electron chi connectivity index (χ0n) is 23.5. The van der Waals surface area contributed by atoms with Crippen molar-refractivity contribution >= 4 is 45.3 Å². The molecule has 2 unspecified atom stereocenters. The van der Waals surface area contributed by atoms with Crippen molar-refractivity contribution in [3.05, 3.63) is 71.8 Å². The number of carbonyl (C=O) groups excluding carboxylic acids is 2. The third kappa shape index (κ3) is 8.19. The second kappa shape index (κ2) is 13.8. The minimum atomic E-state index is -3.80. The van der Waals surface area contributed by atoms with E-state index in [0.717, 1.165) is 23.5 Å². The van der Waals surface area contributed by atoms with Crippen LogP contribution in [0.15, 0.2) is 60.7 Å². The van der Waals surface area contributed by atoms with Gasteiger partial charge >= 0.3 is 6.03 Å². The van der Waals surface area contributed by atoms with Gasteiger partial charge < -0.3 is 25.4 Å². The number of carbonyl (C=O) groups is 2. The molecule has 3 amide bonds. The molecule has 224 valence electrons. The number of benzene rings is 2. The molecular formula is C29H39N3O6S3. The summed E-state index contributed by atoms with van der Waals surface area (Å²) in [6.45, 7) is 4.88. The molecule has 0 saturated carbocycles. The standard InChI is InChI=1S/C29H39N3O6S3/c1-28(2,26(34)29(39-18-9-19-40-29)23-12-7-4-8-13-23)31-25(33)24(30-27(35)32-14-16-38-17-15-32)21-41(36,37)20-22-10-5-3-6-11-22/h3-8,10-13,24,26,34H,9,14-21H2,1-2H3,(H,30,35)(H,31,33). The van der Waals surface area contributed by atoms with Gasteiger partial charge in [0.05, 0.1) is 30.3 Å². The van der Waals surface area contributed by atoms with E-state index in [-0.39, 0.29) is 5.75 Å². The van der Waals surface area contributed by atoms with Gasteiger partial charge in [-0.3, -0.25) is 4.79 Å². The number of aliphatic hydroxyl groups is 1. The molecule has 2 fully saturated rings. The van der Waals surface area contributed by atoms with Crippen molar-refractivity contribution in [1.82, 2.24) is 15.5 Å². The number of nitrogens with one attached hydrogen (secondary N) is 2. The van der Waals surface area contributed by atoms with Crippen molar-refractivity contribution in [3.63, 3.8) is 0 Å². The highest BCUT2D eigenvalue weighted by Crippen LogP contribution is 2.54. The first-order chi connectivity index (χ1) is 19.5. The van der Waals surface area contributed by atoms with Crippen LogP contribution in [-0.4, -0.2) is 91.6 Å². The van der Waals surface area contributed by atoms with Crippen LogP contribution >= 0.6 is 23.5 Å². The number of urea groups is 1. The van der Waals surface area contributed by atoms with E-state index in [9.17, 15) is 23.1 Å². The Labute approximate surface area is 251 Å². The summed E-state index contributed by atoms with van der Waals surface area (Å²) >= 11 is 3.30. The van der Waals surface area contributed by atoms with Crippen LogP contribution in [0, 0.1) is 0 Å². The predicted octanol–water partition coefficient (Wildman–Crippen LogP) is 2.99. The average Bonchev–Trinajstić information content (AvgIpc) is 2.97. The van der Waals surface area contributed by atoms with Gasteiger partial charge in [0, 0.05) is 13.1 Å². The van der Waals surface area contributed by atoms with Gasteiger partial charge in [0.15, 0.2) is 9.84 Å². The lowest BCUT2D eigenvalue weighted by Crippen LogP contribution is -2.63. The fraction of sp³-hybridized carbons (Fsp3) is 0.517.